The van der Waals surface area contributed by atoms with Gasteiger partial charge in [-0.05, 0) is 32.8 Å². The van der Waals surface area contributed by atoms with Crippen molar-refractivity contribution in [2.24, 2.45) is 4.99 Å². The number of hydrogen-bond acceptors (Lipinski definition) is 3. The van der Waals surface area contributed by atoms with Gasteiger partial charge in [0.05, 0.1) is 13.2 Å². The van der Waals surface area contributed by atoms with Gasteiger partial charge in [-0.1, -0.05) is 29.8 Å². The summed E-state index contributed by atoms with van der Waals surface area (Å²) in [5, 5.41) is 6.43. The minimum absolute atomic E-state index is 0.147. The molecule has 0 fully saturated rings. The molecule has 0 saturated heterocycles. The monoisotopic (exact) mass is 305 g/mol. The van der Waals surface area contributed by atoms with Crippen LogP contribution in [0.1, 0.15) is 37.8 Å². The molecule has 0 aliphatic carbocycles. The van der Waals surface area contributed by atoms with E-state index >= 15 is 0 Å². The van der Waals surface area contributed by atoms with Crippen molar-refractivity contribution in [3.63, 3.8) is 0 Å². The molecule has 2 N–H and O–H groups in total. The van der Waals surface area contributed by atoms with E-state index in [9.17, 15) is 4.79 Å². The van der Waals surface area contributed by atoms with E-state index in [1.54, 1.807) is 0 Å². The SMILES string of the molecule is CCNC(=NCc1ccc(C)cc1)NCCCC(=O)OCC. The first-order valence-corrected chi connectivity index (χ1v) is 7.89. The van der Waals surface area contributed by atoms with Gasteiger partial charge in [0.15, 0.2) is 5.96 Å². The second-order valence-electron chi connectivity index (χ2n) is 5.02. The predicted molar refractivity (Wildman–Crippen MR) is 89.9 cm³/mol. The lowest BCUT2D eigenvalue weighted by molar-refractivity contribution is -0.143. The molecule has 0 saturated carbocycles. The molecule has 0 heterocycles. The van der Waals surface area contributed by atoms with Crippen molar-refractivity contribution >= 4 is 11.9 Å². The first-order chi connectivity index (χ1) is 10.7. The van der Waals surface area contributed by atoms with Crippen LogP contribution in [0, 0.1) is 6.92 Å². The zero-order valence-corrected chi connectivity index (χ0v) is 13.8. The number of rotatable bonds is 8. The number of carbonyl (C=O) groups is 1. The van der Waals surface area contributed by atoms with Gasteiger partial charge in [0.1, 0.15) is 0 Å². The Hall–Kier alpha value is -2.04. The van der Waals surface area contributed by atoms with Gasteiger partial charge in [-0.15, -0.1) is 0 Å². The summed E-state index contributed by atoms with van der Waals surface area (Å²) in [6, 6.07) is 8.35. The van der Waals surface area contributed by atoms with Crippen molar-refractivity contribution in [2.45, 2.75) is 40.2 Å². The zero-order chi connectivity index (χ0) is 16.2. The van der Waals surface area contributed by atoms with Crippen molar-refractivity contribution in [1.29, 1.82) is 0 Å². The largest absolute Gasteiger partial charge is 0.466 e. The lowest BCUT2D eigenvalue weighted by atomic mass is 10.1. The molecule has 0 bridgehead atoms. The highest BCUT2D eigenvalue weighted by molar-refractivity contribution is 5.79. The minimum Gasteiger partial charge on any atom is -0.466 e. The molecule has 0 aliphatic heterocycles. The molecule has 0 aliphatic rings. The van der Waals surface area contributed by atoms with Crippen LogP contribution in [0.4, 0.5) is 0 Å². The summed E-state index contributed by atoms with van der Waals surface area (Å²) in [5.41, 5.74) is 2.42. The quantitative estimate of drug-likeness (QED) is 0.335. The highest BCUT2D eigenvalue weighted by Crippen LogP contribution is 2.04. The van der Waals surface area contributed by atoms with E-state index in [-0.39, 0.29) is 5.97 Å². The van der Waals surface area contributed by atoms with Crippen LogP contribution in [0.3, 0.4) is 0 Å². The smallest absolute Gasteiger partial charge is 0.305 e. The molecule has 22 heavy (non-hydrogen) atoms. The first kappa shape index (κ1) is 18.0. The molecule has 0 unspecified atom stereocenters. The van der Waals surface area contributed by atoms with E-state index in [1.165, 1.54) is 11.1 Å². The van der Waals surface area contributed by atoms with Gasteiger partial charge >= 0.3 is 5.97 Å². The van der Waals surface area contributed by atoms with Crippen LogP contribution in [0.25, 0.3) is 0 Å². The fourth-order valence-corrected chi connectivity index (χ4v) is 1.88. The second-order valence-corrected chi connectivity index (χ2v) is 5.02. The molecule has 0 spiro atoms. The number of carbonyl (C=O) groups excluding carboxylic acids is 1. The van der Waals surface area contributed by atoms with Crippen LogP contribution in [-0.2, 0) is 16.1 Å². The summed E-state index contributed by atoms with van der Waals surface area (Å²) >= 11 is 0. The molecule has 0 radical (unpaired) electrons. The van der Waals surface area contributed by atoms with Gasteiger partial charge in [0, 0.05) is 19.5 Å². The van der Waals surface area contributed by atoms with E-state index < -0.39 is 0 Å². The van der Waals surface area contributed by atoms with Gasteiger partial charge < -0.3 is 15.4 Å². The molecule has 1 aromatic rings. The Morgan fingerprint density at radius 2 is 1.91 bits per heavy atom. The summed E-state index contributed by atoms with van der Waals surface area (Å²) in [6.07, 6.45) is 1.16. The maximum atomic E-state index is 11.3. The number of aryl methyl sites for hydroxylation is 1. The summed E-state index contributed by atoms with van der Waals surface area (Å²) < 4.78 is 4.90. The third kappa shape index (κ3) is 7.67. The van der Waals surface area contributed by atoms with Crippen molar-refractivity contribution in [2.75, 3.05) is 19.7 Å². The number of aliphatic imine (C=N–C) groups is 1. The van der Waals surface area contributed by atoms with Gasteiger partial charge in [-0.2, -0.15) is 0 Å². The van der Waals surface area contributed by atoms with Crippen LogP contribution in [-0.4, -0.2) is 31.6 Å². The van der Waals surface area contributed by atoms with Gasteiger partial charge in [0.25, 0.3) is 0 Å². The lowest BCUT2D eigenvalue weighted by Crippen LogP contribution is -2.37. The van der Waals surface area contributed by atoms with E-state index in [0.717, 1.165) is 18.9 Å². The molecule has 0 aromatic heterocycles. The molecule has 1 rings (SSSR count). The van der Waals surface area contributed by atoms with Gasteiger partial charge in [0.2, 0.25) is 0 Å². The maximum absolute atomic E-state index is 11.3. The Morgan fingerprint density at radius 3 is 2.55 bits per heavy atom. The van der Waals surface area contributed by atoms with Crippen LogP contribution >= 0.6 is 0 Å². The van der Waals surface area contributed by atoms with E-state index in [4.69, 9.17) is 4.74 Å². The standard InChI is InChI=1S/C17H27N3O2/c1-4-18-17(19-12-6-7-16(21)22-5-2)20-13-15-10-8-14(3)9-11-15/h8-11H,4-7,12-13H2,1-3H3,(H2,18,19,20). The number of benzene rings is 1. The molecular weight excluding hydrogens is 278 g/mol. The summed E-state index contributed by atoms with van der Waals surface area (Å²) in [5.74, 6) is 0.623. The molecule has 0 atom stereocenters. The molecule has 122 valence electrons. The first-order valence-electron chi connectivity index (χ1n) is 7.89. The molecular formula is C17H27N3O2. The summed E-state index contributed by atoms with van der Waals surface area (Å²) in [6.45, 7) is 8.48. The fraction of sp³-hybridized carbons (Fsp3) is 0.529. The molecule has 5 nitrogen and oxygen atoms in total. The van der Waals surface area contributed by atoms with Crippen molar-refractivity contribution in [3.8, 4) is 0 Å². The second kappa shape index (κ2) is 10.7. The Bertz CT molecular complexity index is 469. The molecule has 1 aromatic carbocycles. The van der Waals surface area contributed by atoms with E-state index in [1.807, 2.05) is 13.8 Å². The Labute approximate surface area is 133 Å². The van der Waals surface area contributed by atoms with Crippen molar-refractivity contribution in [1.82, 2.24) is 10.6 Å². The third-order valence-electron chi connectivity index (χ3n) is 3.04. The van der Waals surface area contributed by atoms with Crippen molar-refractivity contribution < 1.29 is 9.53 Å². The number of nitrogens with zero attached hydrogens (tertiary/aromatic N) is 1. The Kier molecular flexibility index (Phi) is 8.72. The highest BCUT2D eigenvalue weighted by Gasteiger charge is 2.02. The number of hydrogen-bond donors (Lipinski definition) is 2. The van der Waals surface area contributed by atoms with Crippen LogP contribution < -0.4 is 10.6 Å². The van der Waals surface area contributed by atoms with Crippen LogP contribution in [0.15, 0.2) is 29.3 Å². The lowest BCUT2D eigenvalue weighted by Gasteiger charge is -2.11. The van der Waals surface area contributed by atoms with E-state index in [0.29, 0.717) is 26.1 Å². The average Bonchev–Trinajstić information content (AvgIpc) is 2.51. The van der Waals surface area contributed by atoms with E-state index in [2.05, 4.69) is 46.8 Å². The van der Waals surface area contributed by atoms with Crippen LogP contribution in [0.2, 0.25) is 0 Å². The zero-order valence-electron chi connectivity index (χ0n) is 13.8. The fourth-order valence-electron chi connectivity index (χ4n) is 1.88. The number of esters is 1. The van der Waals surface area contributed by atoms with Crippen LogP contribution in [0.5, 0.6) is 0 Å². The predicted octanol–water partition coefficient (Wildman–Crippen LogP) is 2.39. The summed E-state index contributed by atoms with van der Waals surface area (Å²) in [7, 11) is 0. The Morgan fingerprint density at radius 1 is 1.18 bits per heavy atom. The highest BCUT2D eigenvalue weighted by atomic mass is 16.5. The topological polar surface area (TPSA) is 62.7 Å². The normalized spacial score (nSPS) is 11.1. The number of ether oxygens (including phenoxy) is 1. The van der Waals surface area contributed by atoms with Gasteiger partial charge in [-0.3, -0.25) is 4.79 Å². The Balaban J connectivity index is 2.38. The van der Waals surface area contributed by atoms with Gasteiger partial charge in [-0.25, -0.2) is 4.99 Å². The number of guanidine groups is 1. The molecule has 5 heteroatoms. The molecule has 0 amide bonds. The number of nitrogens with one attached hydrogen (secondary N) is 2. The average molecular weight is 305 g/mol. The van der Waals surface area contributed by atoms with Crippen molar-refractivity contribution in [3.05, 3.63) is 35.4 Å². The third-order valence-corrected chi connectivity index (χ3v) is 3.04. The minimum atomic E-state index is -0.147. The summed E-state index contributed by atoms with van der Waals surface area (Å²) in [4.78, 5) is 15.8. The maximum Gasteiger partial charge on any atom is 0.305 e.